The molecule has 0 amide bonds. The van der Waals surface area contributed by atoms with E-state index in [0.29, 0.717) is 18.3 Å². The van der Waals surface area contributed by atoms with E-state index >= 15 is 0 Å². The largest absolute Gasteiger partial charge is 0.481 e. The van der Waals surface area contributed by atoms with Gasteiger partial charge >= 0.3 is 5.97 Å². The molecule has 92 valence electrons. The van der Waals surface area contributed by atoms with Crippen LogP contribution in [0.25, 0.3) is 0 Å². The number of carboxylic acids is 1. The number of hydrogen-bond donors (Lipinski definition) is 1. The van der Waals surface area contributed by atoms with Crippen LogP contribution in [0.2, 0.25) is 0 Å². The van der Waals surface area contributed by atoms with Gasteiger partial charge in [-0.2, -0.15) is 5.26 Å². The molecule has 3 heteroatoms. The van der Waals surface area contributed by atoms with Gasteiger partial charge in [0.1, 0.15) is 0 Å². The summed E-state index contributed by atoms with van der Waals surface area (Å²) in [6.45, 7) is 4.29. The zero-order valence-corrected chi connectivity index (χ0v) is 10.4. The van der Waals surface area contributed by atoms with Gasteiger partial charge in [-0.25, -0.2) is 0 Å². The molecule has 0 spiro atoms. The van der Waals surface area contributed by atoms with Crippen LogP contribution in [0.1, 0.15) is 58.8 Å². The minimum Gasteiger partial charge on any atom is -0.481 e. The first-order valence-corrected chi connectivity index (χ1v) is 6.18. The molecule has 0 radical (unpaired) electrons. The fourth-order valence-electron chi connectivity index (χ4n) is 1.86. The van der Waals surface area contributed by atoms with Gasteiger partial charge in [-0.05, 0) is 24.7 Å². The maximum atomic E-state index is 10.5. The molecule has 0 aromatic rings. The van der Waals surface area contributed by atoms with Gasteiger partial charge in [0.2, 0.25) is 0 Å². The Morgan fingerprint density at radius 2 is 2.00 bits per heavy atom. The number of carboxylic acid groups (broad SMARTS) is 1. The highest BCUT2D eigenvalue weighted by Crippen LogP contribution is 2.22. The highest BCUT2D eigenvalue weighted by molar-refractivity contribution is 5.66. The lowest BCUT2D eigenvalue weighted by molar-refractivity contribution is -0.137. The van der Waals surface area contributed by atoms with Crippen molar-refractivity contribution < 1.29 is 9.90 Å². The van der Waals surface area contributed by atoms with Crippen molar-refractivity contribution in [2.75, 3.05) is 0 Å². The highest BCUT2D eigenvalue weighted by Gasteiger charge is 2.11. The molecule has 0 aliphatic heterocycles. The molecule has 0 bridgehead atoms. The average Bonchev–Trinajstić information content (AvgIpc) is 2.26. The summed E-state index contributed by atoms with van der Waals surface area (Å²) >= 11 is 0. The van der Waals surface area contributed by atoms with E-state index in [4.69, 9.17) is 10.4 Å². The topological polar surface area (TPSA) is 61.1 Å². The maximum absolute atomic E-state index is 10.5. The molecule has 0 heterocycles. The Hall–Kier alpha value is -1.04. The lowest BCUT2D eigenvalue weighted by Gasteiger charge is -2.16. The van der Waals surface area contributed by atoms with E-state index in [2.05, 4.69) is 19.9 Å². The van der Waals surface area contributed by atoms with Crippen molar-refractivity contribution in [2.24, 2.45) is 11.8 Å². The van der Waals surface area contributed by atoms with Crippen molar-refractivity contribution in [3.05, 3.63) is 0 Å². The standard InChI is InChI=1S/C13H23NO2/c1-3-12(8-9-13(15)16)7-6-11(2)5-4-10-14/h11-12H,3-9H2,1-2H3,(H,15,16). The van der Waals surface area contributed by atoms with E-state index < -0.39 is 5.97 Å². The number of hydrogen-bond acceptors (Lipinski definition) is 2. The third-order valence-electron chi connectivity index (χ3n) is 3.16. The fourth-order valence-corrected chi connectivity index (χ4v) is 1.86. The summed E-state index contributed by atoms with van der Waals surface area (Å²) in [5.74, 6) is 0.412. The highest BCUT2D eigenvalue weighted by atomic mass is 16.4. The normalized spacial score (nSPS) is 14.1. The van der Waals surface area contributed by atoms with Crippen molar-refractivity contribution in [3.63, 3.8) is 0 Å². The number of aliphatic carboxylic acids is 1. The van der Waals surface area contributed by atoms with E-state index in [1.54, 1.807) is 0 Å². The van der Waals surface area contributed by atoms with Gasteiger partial charge < -0.3 is 5.11 Å². The second-order valence-electron chi connectivity index (χ2n) is 4.59. The van der Waals surface area contributed by atoms with Crippen LogP contribution in [0.4, 0.5) is 0 Å². The van der Waals surface area contributed by atoms with Gasteiger partial charge in [-0.3, -0.25) is 4.79 Å². The molecule has 0 rings (SSSR count). The molecule has 0 aliphatic carbocycles. The maximum Gasteiger partial charge on any atom is 0.303 e. The molecule has 0 saturated carbocycles. The van der Waals surface area contributed by atoms with Gasteiger partial charge in [0, 0.05) is 12.8 Å². The number of rotatable bonds is 9. The van der Waals surface area contributed by atoms with Gasteiger partial charge in [0.15, 0.2) is 0 Å². The molecular formula is C13H23NO2. The average molecular weight is 225 g/mol. The lowest BCUT2D eigenvalue weighted by atomic mass is 9.90. The van der Waals surface area contributed by atoms with Gasteiger partial charge in [0.25, 0.3) is 0 Å². The minimum absolute atomic E-state index is 0.283. The van der Waals surface area contributed by atoms with E-state index in [1.165, 1.54) is 0 Å². The Morgan fingerprint density at radius 3 is 2.50 bits per heavy atom. The smallest absolute Gasteiger partial charge is 0.303 e. The Bertz CT molecular complexity index is 233. The van der Waals surface area contributed by atoms with Crippen LogP contribution in [0, 0.1) is 23.2 Å². The Morgan fingerprint density at radius 1 is 1.31 bits per heavy atom. The summed E-state index contributed by atoms with van der Waals surface area (Å²) in [5.41, 5.74) is 0. The summed E-state index contributed by atoms with van der Waals surface area (Å²) in [5, 5.41) is 17.1. The summed E-state index contributed by atoms with van der Waals surface area (Å²) < 4.78 is 0. The van der Waals surface area contributed by atoms with Crippen molar-refractivity contribution in [1.29, 1.82) is 5.26 Å². The second-order valence-corrected chi connectivity index (χ2v) is 4.59. The van der Waals surface area contributed by atoms with Gasteiger partial charge in [-0.15, -0.1) is 0 Å². The molecule has 1 N–H and O–H groups in total. The molecule has 0 aliphatic rings. The first-order chi connectivity index (χ1) is 7.60. The SMILES string of the molecule is CCC(CCC(=O)O)CCC(C)CCC#N. The molecule has 0 saturated heterocycles. The van der Waals surface area contributed by atoms with Crippen LogP contribution in [-0.4, -0.2) is 11.1 Å². The summed E-state index contributed by atoms with van der Waals surface area (Å²) in [4.78, 5) is 10.5. The van der Waals surface area contributed by atoms with Gasteiger partial charge in [0.05, 0.1) is 6.07 Å². The number of carbonyl (C=O) groups is 1. The lowest BCUT2D eigenvalue weighted by Crippen LogP contribution is -2.06. The zero-order chi connectivity index (χ0) is 12.4. The quantitative estimate of drug-likeness (QED) is 0.652. The predicted molar refractivity (Wildman–Crippen MR) is 63.9 cm³/mol. The van der Waals surface area contributed by atoms with E-state index in [9.17, 15) is 4.79 Å². The van der Waals surface area contributed by atoms with Crippen LogP contribution >= 0.6 is 0 Å². The van der Waals surface area contributed by atoms with Crippen molar-refractivity contribution in [1.82, 2.24) is 0 Å². The van der Waals surface area contributed by atoms with Crippen molar-refractivity contribution in [3.8, 4) is 6.07 Å². The minimum atomic E-state index is -0.698. The van der Waals surface area contributed by atoms with Crippen LogP contribution < -0.4 is 0 Å². The molecule has 3 nitrogen and oxygen atoms in total. The van der Waals surface area contributed by atoms with Crippen LogP contribution in [0.15, 0.2) is 0 Å². The molecule has 0 fully saturated rings. The monoisotopic (exact) mass is 225 g/mol. The third-order valence-corrected chi connectivity index (χ3v) is 3.16. The summed E-state index contributed by atoms with van der Waals surface area (Å²) in [6.07, 6.45) is 5.93. The molecule has 0 aromatic heterocycles. The second kappa shape index (κ2) is 9.21. The van der Waals surface area contributed by atoms with Crippen molar-refractivity contribution in [2.45, 2.75) is 58.8 Å². The Kier molecular flexibility index (Phi) is 8.61. The van der Waals surface area contributed by atoms with Crippen LogP contribution in [-0.2, 0) is 4.79 Å². The predicted octanol–water partition coefficient (Wildman–Crippen LogP) is 3.60. The van der Waals surface area contributed by atoms with Gasteiger partial charge in [-0.1, -0.05) is 33.1 Å². The van der Waals surface area contributed by atoms with E-state index in [0.717, 1.165) is 32.1 Å². The Labute approximate surface area is 98.5 Å². The molecule has 2 atom stereocenters. The molecule has 0 aromatic carbocycles. The number of nitriles is 1. The fraction of sp³-hybridized carbons (Fsp3) is 0.846. The first-order valence-electron chi connectivity index (χ1n) is 6.18. The van der Waals surface area contributed by atoms with E-state index in [-0.39, 0.29) is 6.42 Å². The van der Waals surface area contributed by atoms with Crippen LogP contribution in [0.5, 0.6) is 0 Å². The first kappa shape index (κ1) is 15.0. The number of nitrogens with zero attached hydrogens (tertiary/aromatic N) is 1. The zero-order valence-electron chi connectivity index (χ0n) is 10.4. The third kappa shape index (κ3) is 8.28. The molecular weight excluding hydrogens is 202 g/mol. The summed E-state index contributed by atoms with van der Waals surface area (Å²) in [6, 6.07) is 2.16. The molecule has 16 heavy (non-hydrogen) atoms. The summed E-state index contributed by atoms with van der Waals surface area (Å²) in [7, 11) is 0. The Balaban J connectivity index is 3.69. The molecule has 2 unspecified atom stereocenters. The van der Waals surface area contributed by atoms with E-state index in [1.807, 2.05) is 0 Å². The van der Waals surface area contributed by atoms with Crippen LogP contribution in [0.3, 0.4) is 0 Å². The van der Waals surface area contributed by atoms with Crippen molar-refractivity contribution >= 4 is 5.97 Å².